The molecule has 0 aromatic carbocycles. The van der Waals surface area contributed by atoms with Crippen molar-refractivity contribution in [3.8, 4) is 0 Å². The van der Waals surface area contributed by atoms with Crippen molar-refractivity contribution >= 4 is 0 Å². The second kappa shape index (κ2) is 4.97. The van der Waals surface area contributed by atoms with Crippen LogP contribution in [0.5, 0.6) is 0 Å². The Morgan fingerprint density at radius 3 is 2.44 bits per heavy atom. The molecule has 18 heavy (non-hydrogen) atoms. The highest BCUT2D eigenvalue weighted by Gasteiger charge is 2.42. The van der Waals surface area contributed by atoms with Gasteiger partial charge in [-0.1, -0.05) is 25.5 Å². The average Bonchev–Trinajstić information content (AvgIpc) is 2.11. The lowest BCUT2D eigenvalue weighted by molar-refractivity contribution is -0.296. The van der Waals surface area contributed by atoms with Crippen molar-refractivity contribution in [1.82, 2.24) is 0 Å². The van der Waals surface area contributed by atoms with Crippen LogP contribution in [0, 0.1) is 17.8 Å². The summed E-state index contributed by atoms with van der Waals surface area (Å²) in [6.45, 7) is 13.4. The van der Waals surface area contributed by atoms with Crippen molar-refractivity contribution in [2.75, 3.05) is 0 Å². The Balaban J connectivity index is 2.15. The minimum Gasteiger partial charge on any atom is -0.349 e. The molecule has 1 fully saturated rings. The number of hydrogen-bond donors (Lipinski definition) is 0. The Kier molecular flexibility index (Phi) is 3.89. The van der Waals surface area contributed by atoms with Gasteiger partial charge in [0.2, 0.25) is 0 Å². The normalized spacial score (nSPS) is 44.6. The van der Waals surface area contributed by atoms with E-state index >= 15 is 0 Å². The van der Waals surface area contributed by atoms with Gasteiger partial charge in [0.1, 0.15) is 0 Å². The first-order valence-electron chi connectivity index (χ1n) is 7.29. The highest BCUT2D eigenvalue weighted by Crippen LogP contribution is 2.41. The van der Waals surface area contributed by atoms with Crippen LogP contribution in [0.25, 0.3) is 0 Å². The maximum Gasteiger partial charge on any atom is 0.162 e. The molecule has 0 N–H and O–H groups in total. The van der Waals surface area contributed by atoms with Crippen molar-refractivity contribution in [1.29, 1.82) is 0 Å². The Labute approximate surface area is 112 Å². The number of ether oxygens (including phenoxy) is 2. The summed E-state index contributed by atoms with van der Waals surface area (Å²) in [4.78, 5) is 0. The predicted octanol–water partition coefficient (Wildman–Crippen LogP) is 4.15. The first kappa shape index (κ1) is 14.1. The lowest BCUT2D eigenvalue weighted by Crippen LogP contribution is -2.49. The molecule has 0 spiro atoms. The van der Waals surface area contributed by atoms with Gasteiger partial charge < -0.3 is 9.47 Å². The standard InChI is InChI=1S/C16H28O2/c1-10-7-11(2)14(12(3)8-10)15-17-13(4)9-16(5,6)18-15/h7,11-15H,8-9H2,1-6H3/t11-,12+,13-,14-,15-/m1/s1. The zero-order valence-corrected chi connectivity index (χ0v) is 12.7. The Morgan fingerprint density at radius 1 is 1.22 bits per heavy atom. The Bertz CT molecular complexity index is 332. The predicted molar refractivity (Wildman–Crippen MR) is 74.3 cm³/mol. The fourth-order valence-corrected chi connectivity index (χ4v) is 3.84. The average molecular weight is 252 g/mol. The van der Waals surface area contributed by atoms with Crippen molar-refractivity contribution in [3.63, 3.8) is 0 Å². The van der Waals surface area contributed by atoms with Crippen molar-refractivity contribution in [2.45, 2.75) is 72.4 Å². The highest BCUT2D eigenvalue weighted by atomic mass is 16.7. The van der Waals surface area contributed by atoms with E-state index in [1.807, 2.05) is 0 Å². The number of rotatable bonds is 1. The van der Waals surface area contributed by atoms with E-state index in [4.69, 9.17) is 9.47 Å². The van der Waals surface area contributed by atoms with Crippen LogP contribution in [-0.2, 0) is 9.47 Å². The first-order chi connectivity index (χ1) is 8.28. The lowest BCUT2D eigenvalue weighted by atomic mass is 9.74. The molecule has 0 radical (unpaired) electrons. The molecule has 0 amide bonds. The van der Waals surface area contributed by atoms with Crippen LogP contribution >= 0.6 is 0 Å². The largest absolute Gasteiger partial charge is 0.349 e. The van der Waals surface area contributed by atoms with Crippen LogP contribution in [0.3, 0.4) is 0 Å². The second-order valence-corrected chi connectivity index (χ2v) is 7.03. The fourth-order valence-electron chi connectivity index (χ4n) is 3.84. The van der Waals surface area contributed by atoms with Crippen LogP contribution in [-0.4, -0.2) is 18.0 Å². The molecular formula is C16H28O2. The van der Waals surface area contributed by atoms with Crippen molar-refractivity contribution in [3.05, 3.63) is 11.6 Å². The molecule has 104 valence electrons. The molecule has 0 bridgehead atoms. The maximum absolute atomic E-state index is 6.21. The van der Waals surface area contributed by atoms with E-state index in [0.29, 0.717) is 23.9 Å². The van der Waals surface area contributed by atoms with E-state index in [1.54, 1.807) is 0 Å². The summed E-state index contributed by atoms with van der Waals surface area (Å²) in [6, 6.07) is 0. The molecule has 1 aliphatic heterocycles. The molecule has 0 aromatic heterocycles. The van der Waals surface area contributed by atoms with Crippen LogP contribution in [0.15, 0.2) is 11.6 Å². The van der Waals surface area contributed by atoms with Crippen LogP contribution in [0.1, 0.15) is 54.4 Å². The summed E-state index contributed by atoms with van der Waals surface area (Å²) >= 11 is 0. The van der Waals surface area contributed by atoms with E-state index in [1.165, 1.54) is 12.0 Å². The third-order valence-electron chi connectivity index (χ3n) is 4.35. The van der Waals surface area contributed by atoms with E-state index < -0.39 is 0 Å². The van der Waals surface area contributed by atoms with Crippen molar-refractivity contribution < 1.29 is 9.47 Å². The van der Waals surface area contributed by atoms with Gasteiger partial charge in [-0.25, -0.2) is 0 Å². The summed E-state index contributed by atoms with van der Waals surface area (Å²) < 4.78 is 12.3. The summed E-state index contributed by atoms with van der Waals surface area (Å²) in [6.07, 6.45) is 4.80. The lowest BCUT2D eigenvalue weighted by Gasteiger charge is -2.46. The monoisotopic (exact) mass is 252 g/mol. The third kappa shape index (κ3) is 2.97. The Hall–Kier alpha value is -0.340. The molecule has 2 aliphatic rings. The molecule has 1 heterocycles. The van der Waals surface area contributed by atoms with Gasteiger partial charge in [0.15, 0.2) is 6.29 Å². The van der Waals surface area contributed by atoms with E-state index in [2.05, 4.69) is 47.6 Å². The van der Waals surface area contributed by atoms with Crippen molar-refractivity contribution in [2.24, 2.45) is 17.8 Å². The molecular weight excluding hydrogens is 224 g/mol. The molecule has 0 unspecified atom stereocenters. The minimum atomic E-state index is -0.0576. The summed E-state index contributed by atoms with van der Waals surface area (Å²) in [5, 5.41) is 0. The zero-order chi connectivity index (χ0) is 13.5. The molecule has 0 aromatic rings. The molecule has 0 saturated carbocycles. The highest BCUT2D eigenvalue weighted by molar-refractivity contribution is 5.09. The molecule has 5 atom stereocenters. The SMILES string of the molecule is CC1=C[C@@H](C)[C@@H]([C@@H]2O[C@H](C)CC(C)(C)O2)[C@@H](C)C1. The molecule has 1 aliphatic carbocycles. The van der Waals surface area contributed by atoms with Crippen LogP contribution in [0.2, 0.25) is 0 Å². The van der Waals surface area contributed by atoms with Gasteiger partial charge in [-0.3, -0.25) is 0 Å². The van der Waals surface area contributed by atoms with Gasteiger partial charge in [0.25, 0.3) is 0 Å². The summed E-state index contributed by atoms with van der Waals surface area (Å²) in [7, 11) is 0. The quantitative estimate of drug-likeness (QED) is 0.653. The maximum atomic E-state index is 6.21. The van der Waals surface area contributed by atoms with Gasteiger partial charge in [0.05, 0.1) is 11.7 Å². The summed E-state index contributed by atoms with van der Waals surface area (Å²) in [5.74, 6) is 1.66. The van der Waals surface area contributed by atoms with E-state index in [-0.39, 0.29) is 11.9 Å². The third-order valence-corrected chi connectivity index (χ3v) is 4.35. The zero-order valence-electron chi connectivity index (χ0n) is 12.7. The van der Waals surface area contributed by atoms with E-state index in [9.17, 15) is 0 Å². The first-order valence-corrected chi connectivity index (χ1v) is 7.29. The molecule has 1 saturated heterocycles. The van der Waals surface area contributed by atoms with Gasteiger partial charge in [-0.05, 0) is 46.0 Å². The molecule has 2 rings (SSSR count). The topological polar surface area (TPSA) is 18.5 Å². The van der Waals surface area contributed by atoms with Gasteiger partial charge >= 0.3 is 0 Å². The molecule has 2 heteroatoms. The second-order valence-electron chi connectivity index (χ2n) is 7.03. The Morgan fingerprint density at radius 2 is 1.89 bits per heavy atom. The van der Waals surface area contributed by atoms with Gasteiger partial charge in [0, 0.05) is 12.3 Å². The van der Waals surface area contributed by atoms with Gasteiger partial charge in [-0.2, -0.15) is 0 Å². The van der Waals surface area contributed by atoms with E-state index in [0.717, 1.165) is 6.42 Å². The fraction of sp³-hybridized carbons (Fsp3) is 0.875. The van der Waals surface area contributed by atoms with Crippen LogP contribution < -0.4 is 0 Å². The number of allylic oxidation sites excluding steroid dienone is 2. The summed E-state index contributed by atoms with van der Waals surface area (Å²) in [5.41, 5.74) is 1.45. The number of hydrogen-bond acceptors (Lipinski definition) is 2. The minimum absolute atomic E-state index is 0.0434. The smallest absolute Gasteiger partial charge is 0.162 e. The van der Waals surface area contributed by atoms with Gasteiger partial charge in [-0.15, -0.1) is 0 Å². The molecule has 2 nitrogen and oxygen atoms in total. The van der Waals surface area contributed by atoms with Crippen LogP contribution in [0.4, 0.5) is 0 Å².